The molecule has 0 aliphatic rings. The lowest BCUT2D eigenvalue weighted by molar-refractivity contribution is -0.118. The van der Waals surface area contributed by atoms with Crippen LogP contribution in [0.5, 0.6) is 0 Å². The highest BCUT2D eigenvalue weighted by molar-refractivity contribution is 6.34. The summed E-state index contributed by atoms with van der Waals surface area (Å²) in [5, 5.41) is 0.0503. The Balaban J connectivity index is 2.77. The van der Waals surface area contributed by atoms with Crippen LogP contribution in [0.15, 0.2) is 18.2 Å². The minimum absolute atomic E-state index is 0.0503. The van der Waals surface area contributed by atoms with Gasteiger partial charge in [-0.3, -0.25) is 9.59 Å². The smallest absolute Gasteiger partial charge is 0.171 e. The highest BCUT2D eigenvalue weighted by Crippen LogP contribution is 2.19. The van der Waals surface area contributed by atoms with Crippen molar-refractivity contribution in [1.29, 1.82) is 0 Å². The molecule has 0 aromatic heterocycles. The fourth-order valence-electron chi connectivity index (χ4n) is 1.36. The van der Waals surface area contributed by atoms with Gasteiger partial charge in [0.1, 0.15) is 11.6 Å². The maximum atomic E-state index is 12.7. The Kier molecular flexibility index (Phi) is 4.62. The molecule has 1 aromatic rings. The van der Waals surface area contributed by atoms with Crippen molar-refractivity contribution < 1.29 is 14.0 Å². The van der Waals surface area contributed by atoms with Crippen LogP contribution in [0.25, 0.3) is 0 Å². The van der Waals surface area contributed by atoms with Crippen molar-refractivity contribution in [1.82, 2.24) is 0 Å². The highest BCUT2D eigenvalue weighted by Gasteiger charge is 2.14. The first-order valence-electron chi connectivity index (χ1n) is 5.04. The largest absolute Gasteiger partial charge is 0.299 e. The number of hydrogen-bond acceptors (Lipinski definition) is 2. The molecule has 0 spiro atoms. The topological polar surface area (TPSA) is 34.1 Å². The lowest BCUT2D eigenvalue weighted by Crippen LogP contribution is -2.08. The Morgan fingerprint density at radius 3 is 2.62 bits per heavy atom. The predicted octanol–water partition coefficient (Wildman–Crippen LogP) is 3.42. The maximum Gasteiger partial charge on any atom is 0.171 e. The fraction of sp³-hybridized carbons (Fsp3) is 0.333. The molecule has 0 unspecified atom stereocenters. The summed E-state index contributed by atoms with van der Waals surface area (Å²) >= 11 is 5.71. The van der Waals surface area contributed by atoms with Crippen LogP contribution >= 0.6 is 11.6 Å². The van der Waals surface area contributed by atoms with Crippen LogP contribution in [0.3, 0.4) is 0 Å². The van der Waals surface area contributed by atoms with E-state index in [1.165, 1.54) is 6.07 Å². The van der Waals surface area contributed by atoms with Gasteiger partial charge in [-0.2, -0.15) is 0 Å². The van der Waals surface area contributed by atoms with Gasteiger partial charge in [-0.05, 0) is 24.6 Å². The Morgan fingerprint density at radius 2 is 2.06 bits per heavy atom. The van der Waals surface area contributed by atoms with E-state index in [4.69, 9.17) is 11.6 Å². The van der Waals surface area contributed by atoms with Crippen molar-refractivity contribution in [2.24, 2.45) is 0 Å². The van der Waals surface area contributed by atoms with Crippen molar-refractivity contribution in [2.75, 3.05) is 0 Å². The number of benzene rings is 1. The van der Waals surface area contributed by atoms with Crippen LogP contribution in [0.2, 0.25) is 5.02 Å². The highest BCUT2D eigenvalue weighted by atomic mass is 35.5. The third-order valence-electron chi connectivity index (χ3n) is 2.12. The zero-order valence-electron chi connectivity index (χ0n) is 8.93. The molecule has 0 saturated carbocycles. The van der Waals surface area contributed by atoms with E-state index in [0.717, 1.165) is 12.1 Å². The lowest BCUT2D eigenvalue weighted by atomic mass is 10.0. The Labute approximate surface area is 98.4 Å². The molecule has 16 heavy (non-hydrogen) atoms. The SMILES string of the molecule is CCCC(=O)CC(=O)c1ccc(F)cc1Cl. The van der Waals surface area contributed by atoms with E-state index in [-0.39, 0.29) is 28.6 Å². The summed E-state index contributed by atoms with van der Waals surface area (Å²) in [6.45, 7) is 1.87. The first-order valence-corrected chi connectivity index (χ1v) is 5.42. The third kappa shape index (κ3) is 3.42. The lowest BCUT2D eigenvalue weighted by Gasteiger charge is -2.02. The number of carbonyl (C=O) groups is 2. The van der Waals surface area contributed by atoms with Gasteiger partial charge in [0, 0.05) is 12.0 Å². The monoisotopic (exact) mass is 242 g/mol. The summed E-state index contributed by atoms with van der Waals surface area (Å²) < 4.78 is 12.7. The first kappa shape index (κ1) is 12.8. The molecule has 86 valence electrons. The summed E-state index contributed by atoms with van der Waals surface area (Å²) in [6.07, 6.45) is 0.924. The van der Waals surface area contributed by atoms with Gasteiger partial charge in [-0.1, -0.05) is 18.5 Å². The van der Waals surface area contributed by atoms with E-state index in [0.29, 0.717) is 12.8 Å². The molecule has 2 nitrogen and oxygen atoms in total. The van der Waals surface area contributed by atoms with Gasteiger partial charge in [-0.25, -0.2) is 4.39 Å². The zero-order valence-corrected chi connectivity index (χ0v) is 9.68. The second-order valence-corrected chi connectivity index (χ2v) is 3.92. The Bertz CT molecular complexity index is 415. The number of halogens is 2. The van der Waals surface area contributed by atoms with Gasteiger partial charge in [0.05, 0.1) is 11.4 Å². The molecule has 0 bridgehead atoms. The Morgan fingerprint density at radius 1 is 1.38 bits per heavy atom. The third-order valence-corrected chi connectivity index (χ3v) is 2.43. The van der Waals surface area contributed by atoms with Gasteiger partial charge < -0.3 is 0 Å². The molecule has 0 aliphatic carbocycles. The first-order chi connectivity index (χ1) is 7.54. The van der Waals surface area contributed by atoms with Crippen LogP contribution in [0.1, 0.15) is 36.5 Å². The van der Waals surface area contributed by atoms with Crippen LogP contribution in [0, 0.1) is 5.82 Å². The van der Waals surface area contributed by atoms with Crippen LogP contribution < -0.4 is 0 Å². The van der Waals surface area contributed by atoms with Crippen molar-refractivity contribution in [3.63, 3.8) is 0 Å². The number of hydrogen-bond donors (Lipinski definition) is 0. The van der Waals surface area contributed by atoms with Crippen molar-refractivity contribution in [2.45, 2.75) is 26.2 Å². The van der Waals surface area contributed by atoms with E-state index >= 15 is 0 Å². The molecule has 0 atom stereocenters. The summed E-state index contributed by atoms with van der Waals surface area (Å²) in [4.78, 5) is 22.9. The van der Waals surface area contributed by atoms with Crippen molar-refractivity contribution >= 4 is 23.2 Å². The van der Waals surface area contributed by atoms with Crippen molar-refractivity contribution in [3.8, 4) is 0 Å². The van der Waals surface area contributed by atoms with Crippen LogP contribution in [0.4, 0.5) is 4.39 Å². The second kappa shape index (κ2) is 5.75. The fourth-order valence-corrected chi connectivity index (χ4v) is 1.63. The number of Topliss-reactive ketones (excluding diaryl/α,β-unsaturated/α-hetero) is 2. The van der Waals surface area contributed by atoms with Gasteiger partial charge in [0.2, 0.25) is 0 Å². The summed E-state index contributed by atoms with van der Waals surface area (Å²) in [5.74, 6) is -0.974. The van der Waals surface area contributed by atoms with Crippen LogP contribution in [-0.2, 0) is 4.79 Å². The average molecular weight is 243 g/mol. The molecule has 1 aromatic carbocycles. The molecular weight excluding hydrogens is 231 g/mol. The summed E-state index contributed by atoms with van der Waals surface area (Å²) in [6, 6.07) is 3.53. The van der Waals surface area contributed by atoms with E-state index in [2.05, 4.69) is 0 Å². The minimum Gasteiger partial charge on any atom is -0.299 e. The molecule has 0 fully saturated rings. The zero-order chi connectivity index (χ0) is 12.1. The second-order valence-electron chi connectivity index (χ2n) is 3.51. The average Bonchev–Trinajstić information content (AvgIpc) is 2.17. The van der Waals surface area contributed by atoms with E-state index in [9.17, 15) is 14.0 Å². The van der Waals surface area contributed by atoms with E-state index in [1.54, 1.807) is 0 Å². The van der Waals surface area contributed by atoms with Crippen molar-refractivity contribution in [3.05, 3.63) is 34.6 Å². The minimum atomic E-state index is -0.499. The van der Waals surface area contributed by atoms with Gasteiger partial charge in [0.15, 0.2) is 5.78 Å². The molecule has 0 aliphatic heterocycles. The maximum absolute atomic E-state index is 12.7. The Hall–Kier alpha value is -1.22. The van der Waals surface area contributed by atoms with Gasteiger partial charge >= 0.3 is 0 Å². The number of carbonyl (C=O) groups excluding carboxylic acids is 2. The standard InChI is InChI=1S/C12H12ClFO2/c1-2-3-9(15)7-12(16)10-5-4-8(14)6-11(10)13/h4-6H,2-3,7H2,1H3. The normalized spacial score (nSPS) is 10.2. The summed E-state index contributed by atoms with van der Waals surface area (Å²) in [7, 11) is 0. The summed E-state index contributed by atoms with van der Waals surface area (Å²) in [5.41, 5.74) is 0.201. The predicted molar refractivity (Wildman–Crippen MR) is 60.3 cm³/mol. The molecular formula is C12H12ClFO2. The van der Waals surface area contributed by atoms with Gasteiger partial charge in [0.25, 0.3) is 0 Å². The van der Waals surface area contributed by atoms with E-state index in [1.807, 2.05) is 6.92 Å². The molecule has 0 saturated heterocycles. The molecule has 0 radical (unpaired) electrons. The molecule has 1 rings (SSSR count). The van der Waals surface area contributed by atoms with E-state index < -0.39 is 5.82 Å². The quantitative estimate of drug-likeness (QED) is 0.586. The van der Waals surface area contributed by atoms with Gasteiger partial charge in [-0.15, -0.1) is 0 Å². The molecule has 0 heterocycles. The molecule has 0 N–H and O–H groups in total. The number of ketones is 2. The molecule has 0 amide bonds. The number of rotatable bonds is 5. The van der Waals surface area contributed by atoms with Crippen LogP contribution in [-0.4, -0.2) is 11.6 Å². The molecule has 4 heteroatoms.